The molecule has 0 atom stereocenters. The molecule has 0 bridgehead atoms. The van der Waals surface area contributed by atoms with Gasteiger partial charge in [0.05, 0.1) is 48.7 Å². The molecule has 0 aliphatic carbocycles. The molecular weight excluding hydrogens is 793 g/mol. The van der Waals surface area contributed by atoms with Gasteiger partial charge in [-0.2, -0.15) is 0 Å². The van der Waals surface area contributed by atoms with E-state index in [0.29, 0.717) is 48.7 Å². The monoisotopic (exact) mass is 871 g/mol. The molecule has 0 saturated carbocycles. The summed E-state index contributed by atoms with van der Waals surface area (Å²) >= 11 is 0. The molecule has 2 N–H and O–H groups in total. The number of rotatable bonds is 32. The highest BCUT2D eigenvalue weighted by atomic mass is 16.5. The van der Waals surface area contributed by atoms with E-state index in [0.717, 1.165) is 51.4 Å². The molecule has 0 fully saturated rings. The van der Waals surface area contributed by atoms with Crippen molar-refractivity contribution in [3.05, 3.63) is 70.8 Å². The molecule has 0 heterocycles. The van der Waals surface area contributed by atoms with E-state index in [9.17, 15) is 19.2 Å². The van der Waals surface area contributed by atoms with Gasteiger partial charge in [0.15, 0.2) is 0 Å². The molecule has 2 aromatic rings. The number of carboxylic acids is 2. The lowest BCUT2D eigenvalue weighted by Crippen LogP contribution is -2.15. The number of carbonyl (C=O) groups excluding carboxylic acids is 4. The second-order valence-corrected chi connectivity index (χ2v) is 15.3. The van der Waals surface area contributed by atoms with Crippen LogP contribution in [0.2, 0.25) is 0 Å². The Morgan fingerprint density at radius 1 is 0.323 bits per heavy atom. The molecule has 62 heavy (non-hydrogen) atoms. The average Bonchev–Trinajstić information content (AvgIpc) is 3.27. The van der Waals surface area contributed by atoms with Crippen molar-refractivity contribution in [1.29, 1.82) is 0 Å². The number of carbonyl (C=O) groups is 6. The number of unbranched alkanes of at least 4 members (excludes halogenated alkanes) is 20. The number of aliphatic carboxylic acids is 2. The first-order valence-electron chi connectivity index (χ1n) is 23.4. The largest absolute Gasteiger partial charge is 0.473 e. The third-order valence-corrected chi connectivity index (χ3v) is 9.84. The predicted octanol–water partition coefficient (Wildman–Crippen LogP) is 12.6. The van der Waals surface area contributed by atoms with Gasteiger partial charge in [-0.15, -0.1) is 0 Å². The predicted molar refractivity (Wildman–Crippen MR) is 243 cm³/mol. The van der Waals surface area contributed by atoms with Crippen LogP contribution in [-0.2, 0) is 28.5 Å². The number of carboxylic acid groups (broad SMARTS) is 2. The maximum absolute atomic E-state index is 12.4. The van der Waals surface area contributed by atoms with Crippen molar-refractivity contribution < 1.29 is 57.9 Å². The fourth-order valence-electron chi connectivity index (χ4n) is 6.18. The Bertz CT molecular complexity index is 1290. The van der Waals surface area contributed by atoms with Gasteiger partial charge in [0.1, 0.15) is 0 Å². The average molecular weight is 871 g/mol. The lowest BCUT2D eigenvalue weighted by atomic mass is 10.1. The highest BCUT2D eigenvalue weighted by molar-refractivity contribution is 6.27. The Morgan fingerprint density at radius 2 is 0.500 bits per heavy atom. The van der Waals surface area contributed by atoms with E-state index < -0.39 is 35.8 Å². The molecular formula is C50H78O12. The summed E-state index contributed by atoms with van der Waals surface area (Å²) in [4.78, 5) is 67.6. The third kappa shape index (κ3) is 30.3. The fraction of sp³-hybridized carbons (Fsp3) is 0.640. The summed E-state index contributed by atoms with van der Waals surface area (Å²) in [6, 6.07) is 13.5. The molecule has 2 aromatic carbocycles. The highest BCUT2D eigenvalue weighted by Gasteiger charge is 2.20. The number of esters is 4. The van der Waals surface area contributed by atoms with Gasteiger partial charge in [-0.05, 0) is 49.9 Å². The number of ether oxygens (including phenoxy) is 4. The quantitative estimate of drug-likeness (QED) is 0.0308. The number of hydrogen-bond acceptors (Lipinski definition) is 10. The van der Waals surface area contributed by atoms with Crippen LogP contribution in [0.3, 0.4) is 0 Å². The SMILES string of the molecule is CCCCCCCCOC(=O)c1ccccc1C(=O)OCCCCCCCC.CCCCCCCCOC(=O)c1ccccc1C(=O)OCCCCCCCC.O=C(O)C(=O)O. The molecule has 0 saturated heterocycles. The van der Waals surface area contributed by atoms with E-state index in [1.807, 2.05) is 0 Å². The van der Waals surface area contributed by atoms with Crippen molar-refractivity contribution in [1.82, 2.24) is 0 Å². The summed E-state index contributed by atoms with van der Waals surface area (Å²) in [5.41, 5.74) is 1.17. The van der Waals surface area contributed by atoms with Gasteiger partial charge in [-0.3, -0.25) is 0 Å². The Balaban J connectivity index is 0.00000106. The van der Waals surface area contributed by atoms with Crippen LogP contribution in [0.5, 0.6) is 0 Å². The summed E-state index contributed by atoms with van der Waals surface area (Å²) in [5, 5.41) is 14.8. The van der Waals surface area contributed by atoms with Crippen molar-refractivity contribution in [2.24, 2.45) is 0 Å². The highest BCUT2D eigenvalue weighted by Crippen LogP contribution is 2.16. The molecule has 0 amide bonds. The molecule has 0 aliphatic heterocycles. The molecule has 0 aromatic heterocycles. The van der Waals surface area contributed by atoms with Gasteiger partial charge in [-0.1, -0.05) is 180 Å². The zero-order valence-corrected chi connectivity index (χ0v) is 38.4. The number of benzene rings is 2. The van der Waals surface area contributed by atoms with Crippen molar-refractivity contribution in [2.45, 2.75) is 182 Å². The zero-order valence-electron chi connectivity index (χ0n) is 38.4. The normalized spacial score (nSPS) is 10.3. The van der Waals surface area contributed by atoms with Gasteiger partial charge in [-0.25, -0.2) is 28.8 Å². The summed E-state index contributed by atoms with van der Waals surface area (Å²) in [7, 11) is 0. The third-order valence-electron chi connectivity index (χ3n) is 9.84. The fourth-order valence-corrected chi connectivity index (χ4v) is 6.18. The van der Waals surface area contributed by atoms with Crippen LogP contribution in [-0.4, -0.2) is 72.5 Å². The minimum atomic E-state index is -1.82. The Kier molecular flexibility index (Phi) is 37.3. The molecule has 350 valence electrons. The second-order valence-electron chi connectivity index (χ2n) is 15.3. The van der Waals surface area contributed by atoms with Gasteiger partial charge >= 0.3 is 35.8 Å². The first kappa shape index (κ1) is 57.3. The van der Waals surface area contributed by atoms with E-state index in [4.69, 9.17) is 38.7 Å². The lowest BCUT2D eigenvalue weighted by Gasteiger charge is -2.10. The Labute approximate surface area is 371 Å². The lowest BCUT2D eigenvalue weighted by molar-refractivity contribution is -0.159. The molecule has 0 unspecified atom stereocenters. The van der Waals surface area contributed by atoms with Crippen LogP contribution in [0.25, 0.3) is 0 Å². The van der Waals surface area contributed by atoms with Crippen molar-refractivity contribution in [3.8, 4) is 0 Å². The van der Waals surface area contributed by atoms with Crippen LogP contribution >= 0.6 is 0 Å². The van der Waals surface area contributed by atoms with E-state index in [-0.39, 0.29) is 0 Å². The molecule has 0 radical (unpaired) electrons. The Hall–Kier alpha value is -4.74. The van der Waals surface area contributed by atoms with Gasteiger partial charge < -0.3 is 29.2 Å². The van der Waals surface area contributed by atoms with Crippen LogP contribution in [0.4, 0.5) is 0 Å². The first-order valence-corrected chi connectivity index (χ1v) is 23.4. The maximum atomic E-state index is 12.4. The van der Waals surface area contributed by atoms with Gasteiger partial charge in [0.2, 0.25) is 0 Å². The van der Waals surface area contributed by atoms with Crippen LogP contribution in [0, 0.1) is 0 Å². The maximum Gasteiger partial charge on any atom is 0.414 e. The summed E-state index contributed by atoms with van der Waals surface area (Å²) < 4.78 is 21.4. The topological polar surface area (TPSA) is 180 Å². The summed E-state index contributed by atoms with van der Waals surface area (Å²) in [6.45, 7) is 10.3. The minimum Gasteiger partial charge on any atom is -0.473 e. The van der Waals surface area contributed by atoms with Crippen molar-refractivity contribution >= 4 is 35.8 Å². The van der Waals surface area contributed by atoms with Crippen LogP contribution in [0.1, 0.15) is 223 Å². The Morgan fingerprint density at radius 3 is 0.677 bits per heavy atom. The summed E-state index contributed by atoms with van der Waals surface area (Å²) in [5.74, 6) is -5.42. The van der Waals surface area contributed by atoms with Crippen LogP contribution < -0.4 is 0 Å². The van der Waals surface area contributed by atoms with E-state index >= 15 is 0 Å². The molecule has 0 spiro atoms. The molecule has 0 aliphatic rings. The number of hydrogen-bond donors (Lipinski definition) is 2. The van der Waals surface area contributed by atoms with Crippen molar-refractivity contribution in [3.63, 3.8) is 0 Å². The smallest absolute Gasteiger partial charge is 0.414 e. The second kappa shape index (κ2) is 40.3. The molecule has 12 heteroatoms. The minimum absolute atomic E-state index is 0.293. The van der Waals surface area contributed by atoms with Crippen LogP contribution in [0.15, 0.2) is 48.5 Å². The van der Waals surface area contributed by atoms with Crippen molar-refractivity contribution in [2.75, 3.05) is 26.4 Å². The molecule has 12 nitrogen and oxygen atoms in total. The van der Waals surface area contributed by atoms with Gasteiger partial charge in [0.25, 0.3) is 0 Å². The molecule has 2 rings (SSSR count). The zero-order chi connectivity index (χ0) is 46.1. The van der Waals surface area contributed by atoms with E-state index in [1.54, 1.807) is 48.5 Å². The first-order chi connectivity index (χ1) is 30.0. The standard InChI is InChI=1S/2C24H38O4.C2H2O4/c2*1-3-5-7-9-11-15-19-27-23(25)21-17-13-14-18-22(21)24(26)28-20-16-12-10-8-6-4-2;3-1(4)2(5)6/h2*13-14,17-18H,3-12,15-16,19-20H2,1-2H3;(H,3,4)(H,5,6). The van der Waals surface area contributed by atoms with Gasteiger partial charge in [0, 0.05) is 0 Å². The van der Waals surface area contributed by atoms with E-state index in [1.165, 1.54) is 103 Å². The summed E-state index contributed by atoms with van der Waals surface area (Å²) in [6.07, 6.45) is 27.3. The van der Waals surface area contributed by atoms with E-state index in [2.05, 4.69) is 27.7 Å².